The fourth-order valence-corrected chi connectivity index (χ4v) is 2.27. The number of alkyl halides is 3. The number of urea groups is 1. The third-order valence-corrected chi connectivity index (χ3v) is 4.12. The number of halogens is 3. The zero-order valence-corrected chi connectivity index (χ0v) is 11.8. The van der Waals surface area contributed by atoms with Crippen LogP contribution in [-0.2, 0) is 6.18 Å². The van der Waals surface area contributed by atoms with Gasteiger partial charge in [-0.05, 0) is 30.7 Å². The Hall–Kier alpha value is -1.76. The van der Waals surface area contributed by atoms with Crippen LogP contribution in [0.5, 0.6) is 0 Å². The topological polar surface area (TPSA) is 67.1 Å². The van der Waals surface area contributed by atoms with Gasteiger partial charge in [0.2, 0.25) is 0 Å². The van der Waals surface area contributed by atoms with Crippen molar-refractivity contribution < 1.29 is 18.0 Å². The summed E-state index contributed by atoms with van der Waals surface area (Å²) >= 11 is 0. The third kappa shape index (κ3) is 3.29. The van der Waals surface area contributed by atoms with Crippen LogP contribution < -0.4 is 16.4 Å². The van der Waals surface area contributed by atoms with Gasteiger partial charge in [-0.25, -0.2) is 4.79 Å². The van der Waals surface area contributed by atoms with Gasteiger partial charge >= 0.3 is 12.2 Å². The van der Waals surface area contributed by atoms with Gasteiger partial charge in [0.15, 0.2) is 0 Å². The number of carbonyl (C=O) groups excluding carboxylic acids is 1. The van der Waals surface area contributed by atoms with E-state index in [4.69, 9.17) is 5.73 Å². The Labute approximate surface area is 120 Å². The Morgan fingerprint density at radius 1 is 1.29 bits per heavy atom. The summed E-state index contributed by atoms with van der Waals surface area (Å²) in [7, 11) is 0. The predicted molar refractivity (Wildman–Crippen MR) is 73.8 cm³/mol. The molecule has 2 unspecified atom stereocenters. The van der Waals surface area contributed by atoms with Gasteiger partial charge in [-0.3, -0.25) is 0 Å². The summed E-state index contributed by atoms with van der Waals surface area (Å²) in [5, 5.41) is 5.29. The zero-order valence-electron chi connectivity index (χ0n) is 11.8. The molecule has 0 radical (unpaired) electrons. The molecule has 2 amide bonds. The van der Waals surface area contributed by atoms with Crippen LogP contribution in [0.15, 0.2) is 24.3 Å². The SMILES string of the molecule is CC1(C)C(N)CC1NC(=O)Nc1ccc(C(F)(F)F)cc1. The van der Waals surface area contributed by atoms with Gasteiger partial charge in [0.1, 0.15) is 0 Å². The van der Waals surface area contributed by atoms with E-state index in [2.05, 4.69) is 10.6 Å². The van der Waals surface area contributed by atoms with E-state index in [1.54, 1.807) is 0 Å². The van der Waals surface area contributed by atoms with Crippen molar-refractivity contribution in [2.24, 2.45) is 11.1 Å². The average molecular weight is 301 g/mol. The van der Waals surface area contributed by atoms with Crippen LogP contribution in [0.3, 0.4) is 0 Å². The van der Waals surface area contributed by atoms with E-state index in [9.17, 15) is 18.0 Å². The minimum Gasteiger partial charge on any atom is -0.334 e. The van der Waals surface area contributed by atoms with Crippen LogP contribution in [0.4, 0.5) is 23.7 Å². The lowest BCUT2D eigenvalue weighted by Gasteiger charge is -2.50. The smallest absolute Gasteiger partial charge is 0.334 e. The zero-order chi connectivity index (χ0) is 15.8. The molecule has 1 aliphatic carbocycles. The second-order valence-electron chi connectivity index (χ2n) is 5.89. The minimum atomic E-state index is -4.38. The second kappa shape index (κ2) is 5.22. The van der Waals surface area contributed by atoms with Crippen LogP contribution in [0.1, 0.15) is 25.8 Å². The largest absolute Gasteiger partial charge is 0.416 e. The lowest BCUT2D eigenvalue weighted by molar-refractivity contribution is -0.137. The number of nitrogens with one attached hydrogen (secondary N) is 2. The van der Waals surface area contributed by atoms with Crippen molar-refractivity contribution in [3.05, 3.63) is 29.8 Å². The number of rotatable bonds is 2. The molecule has 7 heteroatoms. The summed E-state index contributed by atoms with van der Waals surface area (Å²) in [6.45, 7) is 3.93. The second-order valence-corrected chi connectivity index (χ2v) is 5.89. The predicted octanol–water partition coefficient (Wildman–Crippen LogP) is 2.95. The van der Waals surface area contributed by atoms with E-state index in [1.165, 1.54) is 12.1 Å². The van der Waals surface area contributed by atoms with Crippen LogP contribution in [0, 0.1) is 5.41 Å². The molecule has 1 aromatic carbocycles. The van der Waals surface area contributed by atoms with Crippen LogP contribution in [-0.4, -0.2) is 18.1 Å². The molecule has 1 aromatic rings. The molecule has 0 saturated heterocycles. The van der Waals surface area contributed by atoms with Crippen LogP contribution >= 0.6 is 0 Å². The van der Waals surface area contributed by atoms with Crippen molar-refractivity contribution in [3.63, 3.8) is 0 Å². The number of carbonyl (C=O) groups is 1. The van der Waals surface area contributed by atoms with Gasteiger partial charge in [0.05, 0.1) is 5.56 Å². The molecule has 4 N–H and O–H groups in total. The summed E-state index contributed by atoms with van der Waals surface area (Å²) < 4.78 is 37.3. The molecular weight excluding hydrogens is 283 g/mol. The fraction of sp³-hybridized carbons (Fsp3) is 0.500. The number of benzene rings is 1. The van der Waals surface area contributed by atoms with Crippen molar-refractivity contribution in [1.82, 2.24) is 5.32 Å². The van der Waals surface area contributed by atoms with E-state index in [0.717, 1.165) is 12.1 Å². The molecule has 0 aliphatic heterocycles. The molecule has 0 spiro atoms. The Bertz CT molecular complexity index is 525. The summed E-state index contributed by atoms with van der Waals surface area (Å²) in [4.78, 5) is 11.8. The molecule has 0 heterocycles. The summed E-state index contributed by atoms with van der Waals surface area (Å²) in [5.74, 6) is 0. The van der Waals surface area contributed by atoms with Gasteiger partial charge < -0.3 is 16.4 Å². The fourth-order valence-electron chi connectivity index (χ4n) is 2.27. The highest BCUT2D eigenvalue weighted by Gasteiger charge is 2.46. The molecule has 2 rings (SSSR count). The molecule has 1 saturated carbocycles. The number of amides is 2. The van der Waals surface area contributed by atoms with Crippen molar-refractivity contribution in [3.8, 4) is 0 Å². The number of nitrogens with two attached hydrogens (primary N) is 1. The molecule has 21 heavy (non-hydrogen) atoms. The summed E-state index contributed by atoms with van der Waals surface area (Å²) in [5.41, 5.74) is 5.23. The quantitative estimate of drug-likeness (QED) is 0.786. The van der Waals surface area contributed by atoms with Gasteiger partial charge in [-0.2, -0.15) is 13.2 Å². The Morgan fingerprint density at radius 2 is 1.86 bits per heavy atom. The van der Waals surface area contributed by atoms with Gasteiger partial charge in [0, 0.05) is 23.2 Å². The highest BCUT2D eigenvalue weighted by Crippen LogP contribution is 2.39. The Kier molecular flexibility index (Phi) is 3.88. The minimum absolute atomic E-state index is 0.0360. The van der Waals surface area contributed by atoms with Crippen molar-refractivity contribution >= 4 is 11.7 Å². The number of hydrogen-bond acceptors (Lipinski definition) is 2. The lowest BCUT2D eigenvalue weighted by atomic mass is 9.63. The van der Waals surface area contributed by atoms with Crippen LogP contribution in [0.2, 0.25) is 0 Å². The molecule has 1 aliphatic rings. The average Bonchev–Trinajstić information content (AvgIpc) is 2.38. The maximum absolute atomic E-state index is 12.4. The summed E-state index contributed by atoms with van der Waals surface area (Å²) in [6, 6.07) is 3.85. The van der Waals surface area contributed by atoms with Gasteiger partial charge in [0.25, 0.3) is 0 Å². The molecule has 116 valence electrons. The first-order chi connectivity index (χ1) is 9.60. The van der Waals surface area contributed by atoms with E-state index in [1.807, 2.05) is 13.8 Å². The van der Waals surface area contributed by atoms with Gasteiger partial charge in [-0.15, -0.1) is 0 Å². The molecule has 0 bridgehead atoms. The highest BCUT2D eigenvalue weighted by molar-refractivity contribution is 5.89. The van der Waals surface area contributed by atoms with E-state index < -0.39 is 17.8 Å². The van der Waals surface area contributed by atoms with Crippen molar-refractivity contribution in [2.75, 3.05) is 5.32 Å². The summed E-state index contributed by atoms with van der Waals surface area (Å²) in [6.07, 6.45) is -3.69. The maximum Gasteiger partial charge on any atom is 0.416 e. The van der Waals surface area contributed by atoms with E-state index in [-0.39, 0.29) is 17.5 Å². The monoisotopic (exact) mass is 301 g/mol. The van der Waals surface area contributed by atoms with Crippen molar-refractivity contribution in [1.29, 1.82) is 0 Å². The highest BCUT2D eigenvalue weighted by atomic mass is 19.4. The number of anilines is 1. The number of hydrogen-bond donors (Lipinski definition) is 3. The molecule has 1 fully saturated rings. The first-order valence-corrected chi connectivity index (χ1v) is 6.61. The van der Waals surface area contributed by atoms with E-state index >= 15 is 0 Å². The molecular formula is C14H18F3N3O. The first-order valence-electron chi connectivity index (χ1n) is 6.61. The maximum atomic E-state index is 12.4. The normalized spacial score (nSPS) is 24.1. The van der Waals surface area contributed by atoms with E-state index in [0.29, 0.717) is 12.1 Å². The molecule has 4 nitrogen and oxygen atoms in total. The third-order valence-electron chi connectivity index (χ3n) is 4.12. The molecule has 2 atom stereocenters. The van der Waals surface area contributed by atoms with Crippen LogP contribution in [0.25, 0.3) is 0 Å². The first kappa shape index (κ1) is 15.6. The molecule has 0 aromatic heterocycles. The lowest BCUT2D eigenvalue weighted by Crippen LogP contribution is -2.64. The standard InChI is InChI=1S/C14H18F3N3O/c1-13(2)10(18)7-11(13)20-12(21)19-9-5-3-8(4-6-9)14(15,16)17/h3-6,10-11H,7,18H2,1-2H3,(H2,19,20,21). The van der Waals surface area contributed by atoms with Gasteiger partial charge in [-0.1, -0.05) is 13.8 Å². The Balaban J connectivity index is 1.92. The Morgan fingerprint density at radius 3 is 2.29 bits per heavy atom. The van der Waals surface area contributed by atoms with Crippen molar-refractivity contribution in [2.45, 2.75) is 38.5 Å².